The first-order valence-electron chi connectivity index (χ1n) is 8.53. The molecule has 3 aromatic rings. The number of nitrogens with zero attached hydrogens (tertiary/aromatic N) is 3. The Balaban J connectivity index is 1.69. The number of carbonyl (C=O) groups is 1. The van der Waals surface area contributed by atoms with E-state index < -0.39 is 17.0 Å². The van der Waals surface area contributed by atoms with Crippen molar-refractivity contribution in [1.29, 1.82) is 0 Å². The van der Waals surface area contributed by atoms with Gasteiger partial charge in [0.05, 0.1) is 5.75 Å². The van der Waals surface area contributed by atoms with Crippen LogP contribution in [0.25, 0.3) is 0 Å². The first-order valence-corrected chi connectivity index (χ1v) is 10.3. The van der Waals surface area contributed by atoms with Gasteiger partial charge in [-0.05, 0) is 30.7 Å². The minimum Gasteiger partial charge on any atom is -0.384 e. The number of nitrogen functional groups attached to an aromatic ring is 1. The molecule has 0 aliphatic heterocycles. The van der Waals surface area contributed by atoms with Gasteiger partial charge in [-0.1, -0.05) is 30.0 Å². The highest BCUT2D eigenvalue weighted by Gasteiger charge is 2.20. The molecule has 0 bridgehead atoms. The Morgan fingerprint density at radius 1 is 1.31 bits per heavy atom. The Bertz CT molecular complexity index is 1140. The maximum atomic E-state index is 13.0. The van der Waals surface area contributed by atoms with Crippen molar-refractivity contribution in [1.82, 2.24) is 19.7 Å². The number of benzene rings is 1. The second kappa shape index (κ2) is 9.01. The summed E-state index contributed by atoms with van der Waals surface area (Å²) >= 11 is 2.30. The summed E-state index contributed by atoms with van der Waals surface area (Å²) in [6.07, 6.45) is 0.618. The quantitative estimate of drug-likeness (QED) is 0.361. The molecule has 2 aromatic heterocycles. The number of aromatic nitrogens is 4. The number of nitrogens with two attached hydrogens (primary N) is 1. The number of carbonyl (C=O) groups excluding carboxylic acids is 1. The minimum absolute atomic E-state index is 0.0945. The standard InChI is InChI=1S/C17H17FN6O3S2/c1-2-7-24-13(19)12(14(26)21-16(24)27)11(25)8-28-17-23-22-15(29-17)20-10-5-3-9(18)4-6-10/h3-6H,2,7-8,19H2,1H3,(H,20,22)(H,21,26,27). The largest absolute Gasteiger partial charge is 0.384 e. The van der Waals surface area contributed by atoms with Crippen LogP contribution in [0.3, 0.4) is 0 Å². The summed E-state index contributed by atoms with van der Waals surface area (Å²) in [4.78, 5) is 38.6. The third kappa shape index (κ3) is 4.90. The van der Waals surface area contributed by atoms with Crippen molar-refractivity contribution in [2.24, 2.45) is 0 Å². The smallest absolute Gasteiger partial charge is 0.329 e. The number of ketones is 1. The summed E-state index contributed by atoms with van der Waals surface area (Å²) in [6.45, 7) is 2.14. The second-order valence-electron chi connectivity index (χ2n) is 5.89. The molecular formula is C17H17FN6O3S2. The number of rotatable bonds is 8. The van der Waals surface area contributed by atoms with Crippen molar-refractivity contribution in [3.8, 4) is 0 Å². The van der Waals surface area contributed by atoms with Crippen LogP contribution in [0.1, 0.15) is 23.7 Å². The van der Waals surface area contributed by atoms with Crippen LogP contribution in [0.4, 0.5) is 21.0 Å². The van der Waals surface area contributed by atoms with Gasteiger partial charge in [0.2, 0.25) is 5.13 Å². The molecule has 0 amide bonds. The van der Waals surface area contributed by atoms with Crippen LogP contribution in [-0.2, 0) is 6.54 Å². The SMILES string of the molecule is CCCn1c(N)c(C(=O)CSc2nnc(Nc3ccc(F)cc3)s2)c(=O)[nH]c1=O. The topological polar surface area (TPSA) is 136 Å². The van der Waals surface area contributed by atoms with Crippen LogP contribution in [0.2, 0.25) is 0 Å². The van der Waals surface area contributed by atoms with Gasteiger partial charge in [-0.2, -0.15) is 0 Å². The van der Waals surface area contributed by atoms with Gasteiger partial charge in [-0.25, -0.2) is 9.18 Å². The summed E-state index contributed by atoms with van der Waals surface area (Å²) in [7, 11) is 0. The van der Waals surface area contributed by atoms with Gasteiger partial charge in [0.1, 0.15) is 17.2 Å². The van der Waals surface area contributed by atoms with Gasteiger partial charge in [0.15, 0.2) is 10.1 Å². The van der Waals surface area contributed by atoms with E-state index in [0.29, 0.717) is 28.1 Å². The van der Waals surface area contributed by atoms with E-state index in [9.17, 15) is 18.8 Å². The second-order valence-corrected chi connectivity index (χ2v) is 8.09. The predicted octanol–water partition coefficient (Wildman–Crippen LogP) is 2.24. The maximum absolute atomic E-state index is 13.0. The summed E-state index contributed by atoms with van der Waals surface area (Å²) in [5, 5.41) is 11.4. The van der Waals surface area contributed by atoms with Gasteiger partial charge in [-0.15, -0.1) is 10.2 Å². The molecule has 0 fully saturated rings. The zero-order chi connectivity index (χ0) is 21.0. The normalized spacial score (nSPS) is 10.8. The number of hydrogen-bond donors (Lipinski definition) is 3. The van der Waals surface area contributed by atoms with Crippen LogP contribution >= 0.6 is 23.1 Å². The Kier molecular flexibility index (Phi) is 6.44. The number of Topliss-reactive ketones (excluding diaryl/α,β-unsaturated/α-hetero) is 1. The van der Waals surface area contributed by atoms with Crippen LogP contribution < -0.4 is 22.3 Å². The van der Waals surface area contributed by atoms with E-state index in [1.54, 1.807) is 12.1 Å². The molecule has 0 saturated heterocycles. The molecule has 1 aromatic carbocycles. The molecule has 0 atom stereocenters. The molecule has 0 aliphatic rings. The Morgan fingerprint density at radius 2 is 2.03 bits per heavy atom. The molecule has 0 unspecified atom stereocenters. The van der Waals surface area contributed by atoms with Crippen LogP contribution in [0.5, 0.6) is 0 Å². The molecule has 152 valence electrons. The van der Waals surface area contributed by atoms with Crippen LogP contribution in [-0.4, -0.2) is 31.3 Å². The zero-order valence-corrected chi connectivity index (χ0v) is 16.9. The molecule has 0 aliphatic carbocycles. The highest BCUT2D eigenvalue weighted by atomic mass is 32.2. The average Bonchev–Trinajstić information content (AvgIpc) is 3.12. The van der Waals surface area contributed by atoms with E-state index in [1.807, 2.05) is 6.92 Å². The fourth-order valence-corrected chi connectivity index (χ4v) is 4.12. The fraction of sp³-hybridized carbons (Fsp3) is 0.235. The Morgan fingerprint density at radius 3 is 2.72 bits per heavy atom. The number of thioether (sulfide) groups is 1. The third-order valence-corrected chi connectivity index (χ3v) is 5.77. The van der Waals surface area contributed by atoms with Gasteiger partial charge in [0, 0.05) is 12.2 Å². The monoisotopic (exact) mass is 436 g/mol. The lowest BCUT2D eigenvalue weighted by Crippen LogP contribution is -2.36. The molecule has 2 heterocycles. The summed E-state index contributed by atoms with van der Waals surface area (Å²) in [5.74, 6) is -1.09. The van der Waals surface area contributed by atoms with Gasteiger partial charge in [-0.3, -0.25) is 19.1 Å². The lowest BCUT2D eigenvalue weighted by Gasteiger charge is -2.10. The van der Waals surface area contributed by atoms with Gasteiger partial charge >= 0.3 is 5.69 Å². The van der Waals surface area contributed by atoms with Crippen LogP contribution in [0, 0.1) is 5.82 Å². The molecule has 0 saturated carbocycles. The molecular weight excluding hydrogens is 419 g/mol. The summed E-state index contributed by atoms with van der Waals surface area (Å²) in [6, 6.07) is 5.76. The van der Waals surface area contributed by atoms with Crippen molar-refractivity contribution in [2.45, 2.75) is 24.2 Å². The average molecular weight is 436 g/mol. The van der Waals surface area contributed by atoms with E-state index in [-0.39, 0.29) is 23.0 Å². The van der Waals surface area contributed by atoms with Crippen LogP contribution in [0.15, 0.2) is 38.2 Å². The van der Waals surface area contributed by atoms with Crippen molar-refractivity contribution in [3.63, 3.8) is 0 Å². The highest BCUT2D eigenvalue weighted by molar-refractivity contribution is 8.01. The van der Waals surface area contributed by atoms with E-state index in [2.05, 4.69) is 20.5 Å². The van der Waals surface area contributed by atoms with E-state index in [1.165, 1.54) is 28.0 Å². The predicted molar refractivity (Wildman–Crippen MR) is 111 cm³/mol. The number of aromatic amines is 1. The fourth-order valence-electron chi connectivity index (χ4n) is 2.48. The molecule has 9 nitrogen and oxygen atoms in total. The maximum Gasteiger partial charge on any atom is 0.329 e. The minimum atomic E-state index is -0.804. The Labute approximate surface area is 172 Å². The first-order chi connectivity index (χ1) is 13.9. The van der Waals surface area contributed by atoms with Crippen molar-refractivity contribution < 1.29 is 9.18 Å². The lowest BCUT2D eigenvalue weighted by atomic mass is 10.2. The third-order valence-electron chi connectivity index (χ3n) is 3.79. The van der Waals surface area contributed by atoms with Crippen molar-refractivity contribution >= 4 is 45.5 Å². The highest BCUT2D eigenvalue weighted by Crippen LogP contribution is 2.28. The van der Waals surface area contributed by atoms with Crippen molar-refractivity contribution in [2.75, 3.05) is 16.8 Å². The van der Waals surface area contributed by atoms with E-state index >= 15 is 0 Å². The van der Waals surface area contributed by atoms with Gasteiger partial charge in [0.25, 0.3) is 5.56 Å². The number of hydrogen-bond acceptors (Lipinski definition) is 9. The first kappa shape index (κ1) is 20.7. The summed E-state index contributed by atoms with van der Waals surface area (Å²) in [5.41, 5.74) is 4.86. The van der Waals surface area contributed by atoms with Gasteiger partial charge < -0.3 is 11.1 Å². The Hall–Kier alpha value is -2.99. The summed E-state index contributed by atoms with van der Waals surface area (Å²) < 4.78 is 14.6. The zero-order valence-electron chi connectivity index (χ0n) is 15.3. The lowest BCUT2D eigenvalue weighted by molar-refractivity contribution is 0.102. The molecule has 3 rings (SSSR count). The molecule has 0 spiro atoms. The molecule has 29 heavy (non-hydrogen) atoms. The number of H-pyrrole nitrogens is 1. The number of nitrogens with one attached hydrogen (secondary N) is 2. The van der Waals surface area contributed by atoms with Crippen molar-refractivity contribution in [3.05, 3.63) is 56.5 Å². The number of anilines is 3. The molecule has 12 heteroatoms. The van der Waals surface area contributed by atoms with E-state index in [0.717, 1.165) is 11.8 Å². The number of halogens is 1. The molecule has 4 N–H and O–H groups in total. The van der Waals surface area contributed by atoms with E-state index in [4.69, 9.17) is 5.73 Å². The molecule has 0 radical (unpaired) electrons.